The number of carbonyl (C=O) groups is 1. The number of nitrogens with two attached hydrogens (primary N) is 1. The number of anilines is 2. The van der Waals surface area contributed by atoms with Crippen molar-refractivity contribution in [2.24, 2.45) is 0 Å². The maximum absolute atomic E-state index is 12.3. The zero-order valence-corrected chi connectivity index (χ0v) is 13.4. The van der Waals surface area contributed by atoms with Gasteiger partial charge in [-0.15, -0.1) is 0 Å². The molecule has 1 atom stereocenters. The summed E-state index contributed by atoms with van der Waals surface area (Å²) in [6.07, 6.45) is 3.15. The fraction of sp³-hybridized carbons (Fsp3) is 0.429. The number of thiazole rings is 1. The molecule has 112 valence electrons. The number of carbonyl (C=O) groups excluding carboxylic acids is 1. The van der Waals surface area contributed by atoms with Gasteiger partial charge in [-0.05, 0) is 48.6 Å². The van der Waals surface area contributed by atoms with Gasteiger partial charge in [0.15, 0.2) is 5.13 Å². The number of nitrogens with zero attached hydrogens (tertiary/aromatic N) is 1. The van der Waals surface area contributed by atoms with Gasteiger partial charge >= 0.3 is 0 Å². The van der Waals surface area contributed by atoms with Crippen LogP contribution < -0.4 is 16.4 Å². The van der Waals surface area contributed by atoms with Crippen molar-refractivity contribution in [1.82, 2.24) is 10.3 Å². The molecule has 2 aromatic heterocycles. The summed E-state index contributed by atoms with van der Waals surface area (Å²) in [6.45, 7) is 2.00. The molecule has 1 aliphatic rings. The Morgan fingerprint density at radius 2 is 2.38 bits per heavy atom. The van der Waals surface area contributed by atoms with E-state index in [0.717, 1.165) is 11.6 Å². The van der Waals surface area contributed by atoms with Crippen molar-refractivity contribution in [3.63, 3.8) is 0 Å². The van der Waals surface area contributed by atoms with E-state index in [2.05, 4.69) is 27.1 Å². The summed E-state index contributed by atoms with van der Waals surface area (Å²) in [5, 5.41) is 11.1. The Morgan fingerprint density at radius 1 is 1.57 bits per heavy atom. The van der Waals surface area contributed by atoms with Crippen LogP contribution in [0.5, 0.6) is 0 Å². The van der Waals surface area contributed by atoms with Crippen molar-refractivity contribution >= 4 is 39.5 Å². The van der Waals surface area contributed by atoms with E-state index in [-0.39, 0.29) is 11.9 Å². The second-order valence-electron chi connectivity index (χ2n) is 5.36. The van der Waals surface area contributed by atoms with E-state index in [1.54, 1.807) is 11.3 Å². The van der Waals surface area contributed by atoms with Gasteiger partial charge in [-0.2, -0.15) is 11.3 Å². The first-order valence-corrected chi connectivity index (χ1v) is 8.72. The van der Waals surface area contributed by atoms with Crippen molar-refractivity contribution < 1.29 is 4.79 Å². The molecule has 1 amide bonds. The molecule has 21 heavy (non-hydrogen) atoms. The molecule has 3 rings (SSSR count). The minimum absolute atomic E-state index is 0.0634. The van der Waals surface area contributed by atoms with Crippen molar-refractivity contribution in [2.45, 2.75) is 38.3 Å². The molecule has 0 bridgehead atoms. The molecule has 1 saturated carbocycles. The normalized spacial score (nSPS) is 15.7. The standard InChI is InChI=1S/C14H18N4OS2/c1-8(6-9-4-5-20-7-9)16-13(19)11-12(15)18-14(21-11)17-10-2-3-10/h4-5,7-8,10H,2-3,6,15H2,1H3,(H,16,19)(H,17,18). The summed E-state index contributed by atoms with van der Waals surface area (Å²) in [5.74, 6) is 0.167. The Morgan fingerprint density at radius 3 is 3.05 bits per heavy atom. The van der Waals surface area contributed by atoms with Crippen LogP contribution in [0.15, 0.2) is 16.8 Å². The second kappa shape index (κ2) is 6.03. The third-order valence-electron chi connectivity index (χ3n) is 3.26. The van der Waals surface area contributed by atoms with Crippen molar-refractivity contribution in [2.75, 3.05) is 11.1 Å². The highest BCUT2D eigenvalue weighted by Crippen LogP contribution is 2.30. The molecule has 0 spiro atoms. The van der Waals surface area contributed by atoms with Gasteiger partial charge in [0.25, 0.3) is 5.91 Å². The molecule has 0 aromatic carbocycles. The van der Waals surface area contributed by atoms with Gasteiger partial charge < -0.3 is 16.4 Å². The molecule has 5 nitrogen and oxygen atoms in total. The second-order valence-corrected chi connectivity index (χ2v) is 7.14. The highest BCUT2D eigenvalue weighted by Gasteiger charge is 2.24. The molecule has 0 aliphatic heterocycles. The van der Waals surface area contributed by atoms with Crippen LogP contribution in [0.4, 0.5) is 10.9 Å². The zero-order valence-electron chi connectivity index (χ0n) is 11.8. The SMILES string of the molecule is CC(Cc1ccsc1)NC(=O)c1sc(NC2CC2)nc1N. The maximum atomic E-state index is 12.3. The predicted octanol–water partition coefficient (Wildman–Crippen LogP) is 2.72. The van der Waals surface area contributed by atoms with Gasteiger partial charge in [0, 0.05) is 12.1 Å². The highest BCUT2D eigenvalue weighted by atomic mass is 32.1. The van der Waals surface area contributed by atoms with E-state index in [4.69, 9.17) is 5.73 Å². The average Bonchev–Trinajstić information content (AvgIpc) is 2.94. The highest BCUT2D eigenvalue weighted by molar-refractivity contribution is 7.18. The molecule has 1 fully saturated rings. The fourth-order valence-electron chi connectivity index (χ4n) is 2.06. The number of aromatic nitrogens is 1. The average molecular weight is 322 g/mol. The van der Waals surface area contributed by atoms with Gasteiger partial charge in [-0.1, -0.05) is 11.3 Å². The van der Waals surface area contributed by atoms with E-state index >= 15 is 0 Å². The monoisotopic (exact) mass is 322 g/mol. The van der Waals surface area contributed by atoms with Gasteiger partial charge in [0.2, 0.25) is 0 Å². The Kier molecular flexibility index (Phi) is 4.12. The van der Waals surface area contributed by atoms with Crippen molar-refractivity contribution in [3.8, 4) is 0 Å². The lowest BCUT2D eigenvalue weighted by molar-refractivity contribution is 0.0945. The minimum Gasteiger partial charge on any atom is -0.382 e. The number of hydrogen-bond donors (Lipinski definition) is 3. The summed E-state index contributed by atoms with van der Waals surface area (Å²) in [5.41, 5.74) is 7.09. The fourth-order valence-corrected chi connectivity index (χ4v) is 3.61. The van der Waals surface area contributed by atoms with Gasteiger partial charge in [0.05, 0.1) is 0 Å². The van der Waals surface area contributed by atoms with Crippen LogP contribution in [0, 0.1) is 0 Å². The Balaban J connectivity index is 1.60. The summed E-state index contributed by atoms with van der Waals surface area (Å²) in [7, 11) is 0. The van der Waals surface area contributed by atoms with Crippen LogP contribution in [0.3, 0.4) is 0 Å². The zero-order chi connectivity index (χ0) is 14.8. The minimum atomic E-state index is -0.142. The molecule has 2 heterocycles. The van der Waals surface area contributed by atoms with Crippen molar-refractivity contribution in [3.05, 3.63) is 27.3 Å². The smallest absolute Gasteiger partial charge is 0.265 e. The molecule has 0 radical (unpaired) electrons. The first-order valence-electron chi connectivity index (χ1n) is 6.96. The largest absolute Gasteiger partial charge is 0.382 e. The maximum Gasteiger partial charge on any atom is 0.265 e. The van der Waals surface area contributed by atoms with Crippen LogP contribution >= 0.6 is 22.7 Å². The van der Waals surface area contributed by atoms with Gasteiger partial charge in [-0.25, -0.2) is 4.98 Å². The lowest BCUT2D eigenvalue weighted by Gasteiger charge is -2.12. The molecule has 1 unspecified atom stereocenters. The summed E-state index contributed by atoms with van der Waals surface area (Å²) < 4.78 is 0. The molecule has 0 saturated heterocycles. The third-order valence-corrected chi connectivity index (χ3v) is 5.00. The van der Waals surface area contributed by atoms with Crippen LogP contribution in [0.2, 0.25) is 0 Å². The molecule has 4 N–H and O–H groups in total. The van der Waals surface area contributed by atoms with Crippen LogP contribution in [-0.2, 0) is 6.42 Å². The van der Waals surface area contributed by atoms with E-state index in [9.17, 15) is 4.79 Å². The summed E-state index contributed by atoms with van der Waals surface area (Å²) in [4.78, 5) is 17.0. The van der Waals surface area contributed by atoms with Gasteiger partial charge in [0.1, 0.15) is 10.7 Å². The Bertz CT molecular complexity index is 619. The number of nitrogen functional groups attached to an aromatic ring is 1. The van der Waals surface area contributed by atoms with E-state index in [1.807, 2.05) is 12.3 Å². The topological polar surface area (TPSA) is 80.0 Å². The predicted molar refractivity (Wildman–Crippen MR) is 88.1 cm³/mol. The van der Waals surface area contributed by atoms with Crippen LogP contribution in [0.1, 0.15) is 35.0 Å². The van der Waals surface area contributed by atoms with Crippen molar-refractivity contribution in [1.29, 1.82) is 0 Å². The van der Waals surface area contributed by atoms with Gasteiger partial charge in [-0.3, -0.25) is 4.79 Å². The number of amides is 1. The molecule has 1 aliphatic carbocycles. The molecule has 2 aromatic rings. The lowest BCUT2D eigenvalue weighted by Crippen LogP contribution is -2.33. The summed E-state index contributed by atoms with van der Waals surface area (Å²) >= 11 is 2.99. The van der Waals surface area contributed by atoms with E-state index < -0.39 is 0 Å². The first-order chi connectivity index (χ1) is 10.1. The Hall–Kier alpha value is -1.60. The van der Waals surface area contributed by atoms with E-state index in [0.29, 0.717) is 16.7 Å². The molecule has 7 heteroatoms. The number of nitrogens with one attached hydrogen (secondary N) is 2. The van der Waals surface area contributed by atoms with Crippen LogP contribution in [0.25, 0.3) is 0 Å². The third kappa shape index (κ3) is 3.74. The summed E-state index contributed by atoms with van der Waals surface area (Å²) in [6, 6.07) is 2.64. The first kappa shape index (κ1) is 14.3. The molecular formula is C14H18N4OS2. The number of hydrogen-bond acceptors (Lipinski definition) is 6. The van der Waals surface area contributed by atoms with Crippen LogP contribution in [-0.4, -0.2) is 23.0 Å². The number of rotatable bonds is 6. The van der Waals surface area contributed by atoms with E-state index in [1.165, 1.54) is 29.7 Å². The Labute approximate surface area is 131 Å². The quantitative estimate of drug-likeness (QED) is 0.764. The lowest BCUT2D eigenvalue weighted by atomic mass is 10.1. The molecular weight excluding hydrogens is 304 g/mol. The number of thiophene rings is 1.